The molecule has 3 aliphatic heterocycles. The number of amides is 2. The van der Waals surface area contributed by atoms with Crippen molar-refractivity contribution in [3.63, 3.8) is 0 Å². The summed E-state index contributed by atoms with van der Waals surface area (Å²) in [6.07, 6.45) is 0.922. The van der Waals surface area contributed by atoms with E-state index in [4.69, 9.17) is 9.47 Å². The van der Waals surface area contributed by atoms with E-state index >= 15 is 0 Å². The van der Waals surface area contributed by atoms with Gasteiger partial charge in [-0.25, -0.2) is 0 Å². The third-order valence-electron chi connectivity index (χ3n) is 8.63. The SMILES string of the molecule is CCOC(=O)[C@H]1[C@H]2C(=O)N([C@@H](CC)CO)C(C(=O)Nc3ccc4ccccc4c3)C23CC(C)[C@]1(C)O3. The van der Waals surface area contributed by atoms with Crippen molar-refractivity contribution in [3.8, 4) is 0 Å². The molecule has 3 saturated heterocycles. The summed E-state index contributed by atoms with van der Waals surface area (Å²) in [6.45, 7) is 7.34. The number of hydrogen-bond acceptors (Lipinski definition) is 6. The minimum absolute atomic E-state index is 0.0684. The minimum Gasteiger partial charge on any atom is -0.466 e. The van der Waals surface area contributed by atoms with Gasteiger partial charge in [-0.2, -0.15) is 0 Å². The molecule has 0 aliphatic carbocycles. The molecule has 3 heterocycles. The first-order valence-electron chi connectivity index (χ1n) is 12.8. The molecule has 1 spiro atoms. The van der Waals surface area contributed by atoms with Crippen molar-refractivity contribution < 1.29 is 29.0 Å². The van der Waals surface area contributed by atoms with Crippen molar-refractivity contribution in [1.82, 2.24) is 4.90 Å². The van der Waals surface area contributed by atoms with E-state index < -0.39 is 41.1 Å². The Bertz CT molecular complexity index is 1210. The number of esters is 1. The van der Waals surface area contributed by atoms with Crippen molar-refractivity contribution in [2.45, 2.75) is 63.8 Å². The van der Waals surface area contributed by atoms with E-state index in [1.54, 1.807) is 6.92 Å². The highest BCUT2D eigenvalue weighted by atomic mass is 16.6. The topological polar surface area (TPSA) is 105 Å². The zero-order valence-electron chi connectivity index (χ0n) is 21.2. The number of carbonyl (C=O) groups excluding carboxylic acids is 3. The summed E-state index contributed by atoms with van der Waals surface area (Å²) in [4.78, 5) is 42.6. The van der Waals surface area contributed by atoms with E-state index in [0.717, 1.165) is 10.8 Å². The Morgan fingerprint density at radius 2 is 1.94 bits per heavy atom. The monoisotopic (exact) mass is 494 g/mol. The Morgan fingerprint density at radius 1 is 1.22 bits per heavy atom. The lowest BCUT2D eigenvalue weighted by Crippen LogP contribution is -2.56. The molecule has 3 fully saturated rings. The molecule has 5 rings (SSSR count). The molecule has 2 N–H and O–H groups in total. The van der Waals surface area contributed by atoms with Gasteiger partial charge in [0.2, 0.25) is 11.8 Å². The minimum atomic E-state index is -1.17. The fraction of sp³-hybridized carbons (Fsp3) is 0.536. The predicted octanol–water partition coefficient (Wildman–Crippen LogP) is 3.12. The fourth-order valence-corrected chi connectivity index (χ4v) is 6.85. The maximum atomic E-state index is 14.0. The number of hydrogen-bond donors (Lipinski definition) is 2. The van der Waals surface area contributed by atoms with Gasteiger partial charge in [0.25, 0.3) is 0 Å². The summed E-state index contributed by atoms with van der Waals surface area (Å²) in [7, 11) is 0. The van der Waals surface area contributed by atoms with Crippen LogP contribution in [-0.4, -0.2) is 64.3 Å². The van der Waals surface area contributed by atoms with Crippen LogP contribution >= 0.6 is 0 Å². The second-order valence-electron chi connectivity index (χ2n) is 10.5. The van der Waals surface area contributed by atoms with Gasteiger partial charge < -0.3 is 24.8 Å². The van der Waals surface area contributed by atoms with Crippen LogP contribution in [-0.2, 0) is 23.9 Å². The summed E-state index contributed by atoms with van der Waals surface area (Å²) >= 11 is 0. The lowest BCUT2D eigenvalue weighted by molar-refractivity contribution is -0.161. The number of likely N-dealkylation sites (tertiary alicyclic amines) is 1. The second-order valence-corrected chi connectivity index (χ2v) is 10.5. The van der Waals surface area contributed by atoms with E-state index in [-0.39, 0.29) is 30.9 Å². The number of carbonyl (C=O) groups is 3. The Balaban J connectivity index is 1.57. The molecule has 0 radical (unpaired) electrons. The lowest BCUT2D eigenvalue weighted by atomic mass is 9.62. The van der Waals surface area contributed by atoms with Gasteiger partial charge in [0.1, 0.15) is 17.6 Å². The number of benzene rings is 2. The van der Waals surface area contributed by atoms with E-state index in [1.165, 1.54) is 4.90 Å². The molecule has 2 amide bonds. The zero-order chi connectivity index (χ0) is 25.8. The molecule has 2 bridgehead atoms. The van der Waals surface area contributed by atoms with Gasteiger partial charge in [0.05, 0.1) is 30.8 Å². The highest BCUT2D eigenvalue weighted by Gasteiger charge is 2.80. The van der Waals surface area contributed by atoms with Crippen LogP contribution in [0.1, 0.15) is 40.5 Å². The first-order chi connectivity index (χ1) is 17.2. The third-order valence-corrected chi connectivity index (χ3v) is 8.63. The highest BCUT2D eigenvalue weighted by molar-refractivity contribution is 6.04. The van der Waals surface area contributed by atoms with Gasteiger partial charge >= 0.3 is 5.97 Å². The first-order valence-corrected chi connectivity index (χ1v) is 12.8. The Hall–Kier alpha value is -2.97. The molecule has 2 aromatic rings. The largest absolute Gasteiger partial charge is 0.466 e. The number of aliphatic hydroxyl groups excluding tert-OH is 1. The number of anilines is 1. The van der Waals surface area contributed by atoms with Crippen LogP contribution in [0.4, 0.5) is 5.69 Å². The number of aliphatic hydroxyl groups is 1. The van der Waals surface area contributed by atoms with E-state index in [1.807, 2.05) is 63.2 Å². The third kappa shape index (κ3) is 3.38. The molecule has 8 nitrogen and oxygen atoms in total. The molecule has 7 atom stereocenters. The summed E-state index contributed by atoms with van der Waals surface area (Å²) in [5.74, 6) is -2.91. The van der Waals surface area contributed by atoms with Crippen LogP contribution in [0.5, 0.6) is 0 Å². The maximum Gasteiger partial charge on any atom is 0.312 e. The molecule has 0 aromatic heterocycles. The molecular weight excluding hydrogens is 460 g/mol. The zero-order valence-corrected chi connectivity index (χ0v) is 21.2. The number of ether oxygens (including phenoxy) is 2. The number of nitrogens with one attached hydrogen (secondary N) is 1. The van der Waals surface area contributed by atoms with Crippen LogP contribution in [0, 0.1) is 17.8 Å². The molecule has 8 heteroatoms. The Morgan fingerprint density at radius 3 is 2.61 bits per heavy atom. The standard InChI is InChI=1S/C28H34N2O6/c1-5-20(15-31)30-23(24(32)29-19-12-11-17-9-7-8-10-18(17)13-19)28-14-16(3)27(4,36-28)22(21(28)25(30)33)26(34)35-6-2/h7-13,16,20-23,31H,5-6,14-15H2,1-4H3,(H,29,32)/t16?,20-,21-,22+,23?,27-,28?/m0/s1. The number of fused-ring (bicyclic) bond motifs is 2. The summed E-state index contributed by atoms with van der Waals surface area (Å²) in [5, 5.41) is 15.2. The van der Waals surface area contributed by atoms with Crippen molar-refractivity contribution in [2.24, 2.45) is 17.8 Å². The maximum absolute atomic E-state index is 14.0. The van der Waals surface area contributed by atoms with E-state index in [0.29, 0.717) is 18.5 Å². The average molecular weight is 495 g/mol. The van der Waals surface area contributed by atoms with Crippen LogP contribution in [0.2, 0.25) is 0 Å². The van der Waals surface area contributed by atoms with Crippen molar-refractivity contribution in [3.05, 3.63) is 42.5 Å². The lowest BCUT2D eigenvalue weighted by Gasteiger charge is -2.36. The molecule has 3 aliphatic rings. The summed E-state index contributed by atoms with van der Waals surface area (Å²) in [5.41, 5.74) is -1.48. The van der Waals surface area contributed by atoms with Crippen molar-refractivity contribution >= 4 is 34.2 Å². The second kappa shape index (κ2) is 8.85. The predicted molar refractivity (Wildman–Crippen MR) is 134 cm³/mol. The van der Waals surface area contributed by atoms with Crippen LogP contribution in [0.25, 0.3) is 10.8 Å². The van der Waals surface area contributed by atoms with Gasteiger partial charge in [0.15, 0.2) is 0 Å². The smallest absolute Gasteiger partial charge is 0.312 e. The quantitative estimate of drug-likeness (QED) is 0.573. The van der Waals surface area contributed by atoms with E-state index in [2.05, 4.69) is 5.32 Å². The fourth-order valence-electron chi connectivity index (χ4n) is 6.85. The Labute approximate surface area is 210 Å². The molecule has 3 unspecified atom stereocenters. The average Bonchev–Trinajstić information content (AvgIpc) is 3.37. The summed E-state index contributed by atoms with van der Waals surface area (Å²) in [6, 6.07) is 12.0. The number of rotatable bonds is 7. The first kappa shape index (κ1) is 24.7. The molecule has 36 heavy (non-hydrogen) atoms. The summed E-state index contributed by atoms with van der Waals surface area (Å²) < 4.78 is 12.0. The normalized spacial score (nSPS) is 33.6. The van der Waals surface area contributed by atoms with Crippen LogP contribution in [0.15, 0.2) is 42.5 Å². The molecule has 192 valence electrons. The van der Waals surface area contributed by atoms with Crippen LogP contribution < -0.4 is 5.32 Å². The molecular formula is C28H34N2O6. The van der Waals surface area contributed by atoms with Gasteiger partial charge in [-0.15, -0.1) is 0 Å². The van der Waals surface area contributed by atoms with Gasteiger partial charge in [0, 0.05) is 5.69 Å². The van der Waals surface area contributed by atoms with Crippen molar-refractivity contribution in [2.75, 3.05) is 18.5 Å². The highest BCUT2D eigenvalue weighted by Crippen LogP contribution is 2.65. The Kier molecular flexibility index (Phi) is 6.08. The molecule has 2 aromatic carbocycles. The van der Waals surface area contributed by atoms with Crippen LogP contribution in [0.3, 0.4) is 0 Å². The molecule has 0 saturated carbocycles. The van der Waals surface area contributed by atoms with E-state index in [9.17, 15) is 19.5 Å². The number of nitrogens with zero attached hydrogens (tertiary/aromatic N) is 1. The van der Waals surface area contributed by atoms with Crippen molar-refractivity contribution in [1.29, 1.82) is 0 Å². The van der Waals surface area contributed by atoms with Gasteiger partial charge in [-0.3, -0.25) is 14.4 Å². The van der Waals surface area contributed by atoms with Gasteiger partial charge in [-0.05, 0) is 55.5 Å². The van der Waals surface area contributed by atoms with Gasteiger partial charge in [-0.1, -0.05) is 44.2 Å².